The number of carbonyl (C=O) groups is 3. The minimum absolute atomic E-state index is 0.0420. The number of carbonyl (C=O) groups excluding carboxylic acids is 3. The monoisotopic (exact) mass is 429 g/mol. The Labute approximate surface area is 170 Å². The van der Waals surface area contributed by atoms with Crippen LogP contribution in [0.5, 0.6) is 5.75 Å². The molecule has 0 saturated carbocycles. The van der Waals surface area contributed by atoms with E-state index in [9.17, 15) is 22.8 Å². The maximum absolute atomic E-state index is 12.7. The number of rotatable bonds is 7. The van der Waals surface area contributed by atoms with Gasteiger partial charge in [-0.2, -0.15) is 0 Å². The van der Waals surface area contributed by atoms with Gasteiger partial charge in [-0.3, -0.25) is 10.1 Å². The molecule has 0 saturated heterocycles. The highest BCUT2D eigenvalue weighted by atomic mass is 32.2. The number of benzene rings is 1. The molecule has 0 aliphatic heterocycles. The van der Waals surface area contributed by atoms with Gasteiger partial charge in [-0.25, -0.2) is 22.7 Å². The largest absolute Gasteiger partial charge is 0.495 e. The average Bonchev–Trinajstić information content (AvgIpc) is 2.59. The van der Waals surface area contributed by atoms with Gasteiger partial charge in [0.2, 0.25) is 10.0 Å². The first kappa shape index (κ1) is 24.4. The summed E-state index contributed by atoms with van der Waals surface area (Å²) < 4.78 is 37.9. The molecule has 3 N–H and O–H groups in total. The number of imide groups is 1. The summed E-state index contributed by atoms with van der Waals surface area (Å²) in [6.45, 7) is 8.30. The van der Waals surface area contributed by atoms with E-state index in [1.807, 2.05) is 5.32 Å². The Morgan fingerprint density at radius 2 is 1.79 bits per heavy atom. The molecular formula is C18H27N3O7S. The zero-order valence-electron chi connectivity index (χ0n) is 17.3. The minimum Gasteiger partial charge on any atom is -0.495 e. The van der Waals surface area contributed by atoms with Crippen LogP contribution in [0.1, 0.15) is 45.0 Å². The standard InChI is InChI=1S/C18H27N3O7S/c1-7-19-17(24)20-15(22)11(2)28-16(23)12-8-9-13(27-6)14(10-12)29(25,26)21-18(3,4)5/h8-11,21H,7H2,1-6H3,(H2,19,20,22,24). The van der Waals surface area contributed by atoms with Crippen molar-refractivity contribution in [2.75, 3.05) is 13.7 Å². The van der Waals surface area contributed by atoms with Crippen molar-refractivity contribution in [3.05, 3.63) is 23.8 Å². The number of hydrogen-bond donors (Lipinski definition) is 3. The SMILES string of the molecule is CCNC(=O)NC(=O)C(C)OC(=O)c1ccc(OC)c(S(=O)(=O)NC(C)(C)C)c1. The Kier molecular flexibility index (Phi) is 8.15. The predicted octanol–water partition coefficient (Wildman–Crippen LogP) is 1.16. The molecule has 0 spiro atoms. The Bertz CT molecular complexity index is 876. The molecule has 162 valence electrons. The highest BCUT2D eigenvalue weighted by Crippen LogP contribution is 2.26. The number of hydrogen-bond acceptors (Lipinski definition) is 7. The van der Waals surface area contributed by atoms with E-state index >= 15 is 0 Å². The Hall–Kier alpha value is -2.66. The summed E-state index contributed by atoms with van der Waals surface area (Å²) >= 11 is 0. The van der Waals surface area contributed by atoms with Crippen LogP contribution in [-0.2, 0) is 19.6 Å². The first-order chi connectivity index (χ1) is 13.3. The topological polar surface area (TPSA) is 140 Å². The molecule has 0 aromatic heterocycles. The van der Waals surface area contributed by atoms with Crippen molar-refractivity contribution in [3.8, 4) is 5.75 Å². The second-order valence-electron chi connectivity index (χ2n) is 7.12. The lowest BCUT2D eigenvalue weighted by Gasteiger charge is -2.21. The molecule has 0 bridgehead atoms. The summed E-state index contributed by atoms with van der Waals surface area (Å²) in [5.41, 5.74) is -0.857. The molecule has 1 aromatic carbocycles. The van der Waals surface area contributed by atoms with Gasteiger partial charge in [0.05, 0.1) is 12.7 Å². The van der Waals surface area contributed by atoms with Crippen LogP contribution in [-0.4, -0.2) is 51.6 Å². The molecule has 1 aromatic rings. The first-order valence-electron chi connectivity index (χ1n) is 8.82. The zero-order chi connectivity index (χ0) is 22.4. The van der Waals surface area contributed by atoms with Gasteiger partial charge in [-0.1, -0.05) is 0 Å². The van der Waals surface area contributed by atoms with Crippen molar-refractivity contribution in [2.24, 2.45) is 0 Å². The van der Waals surface area contributed by atoms with Crippen LogP contribution in [0.25, 0.3) is 0 Å². The van der Waals surface area contributed by atoms with Gasteiger partial charge in [0.25, 0.3) is 5.91 Å². The van der Waals surface area contributed by atoms with E-state index in [2.05, 4.69) is 10.0 Å². The summed E-state index contributed by atoms with van der Waals surface area (Å²) in [5.74, 6) is -1.71. The molecule has 1 unspecified atom stereocenters. The third-order valence-corrected chi connectivity index (χ3v) is 5.14. The van der Waals surface area contributed by atoms with Gasteiger partial charge in [0.15, 0.2) is 6.10 Å². The summed E-state index contributed by atoms with van der Waals surface area (Å²) in [5, 5.41) is 4.40. The molecule has 0 radical (unpaired) electrons. The zero-order valence-corrected chi connectivity index (χ0v) is 18.1. The third-order valence-electron chi connectivity index (χ3n) is 3.36. The lowest BCUT2D eigenvalue weighted by atomic mass is 10.1. The molecule has 1 rings (SSSR count). The lowest BCUT2D eigenvalue weighted by Crippen LogP contribution is -2.44. The number of ether oxygens (including phenoxy) is 2. The fourth-order valence-electron chi connectivity index (χ4n) is 2.17. The predicted molar refractivity (Wildman–Crippen MR) is 105 cm³/mol. The number of esters is 1. The average molecular weight is 429 g/mol. The molecular weight excluding hydrogens is 402 g/mol. The van der Waals surface area contributed by atoms with E-state index in [1.165, 1.54) is 26.2 Å². The number of sulfonamides is 1. The number of amides is 3. The molecule has 0 heterocycles. The van der Waals surface area contributed by atoms with Gasteiger partial charge < -0.3 is 14.8 Å². The van der Waals surface area contributed by atoms with Crippen molar-refractivity contribution in [2.45, 2.75) is 51.2 Å². The first-order valence-corrected chi connectivity index (χ1v) is 10.3. The molecule has 11 heteroatoms. The van der Waals surface area contributed by atoms with Gasteiger partial charge in [0, 0.05) is 12.1 Å². The third kappa shape index (κ3) is 7.35. The van der Waals surface area contributed by atoms with E-state index < -0.39 is 39.6 Å². The number of urea groups is 1. The molecule has 0 aliphatic carbocycles. The van der Waals surface area contributed by atoms with Crippen LogP contribution in [0.15, 0.2) is 23.1 Å². The lowest BCUT2D eigenvalue weighted by molar-refractivity contribution is -0.127. The van der Waals surface area contributed by atoms with Crippen LogP contribution in [0, 0.1) is 0 Å². The minimum atomic E-state index is -4.00. The quantitative estimate of drug-likeness (QED) is 0.553. The van der Waals surface area contributed by atoms with Gasteiger partial charge in [0.1, 0.15) is 10.6 Å². The summed E-state index contributed by atoms with van der Waals surface area (Å²) in [7, 11) is -2.70. The maximum atomic E-state index is 12.7. The summed E-state index contributed by atoms with van der Waals surface area (Å²) in [6, 6.07) is 3.01. The van der Waals surface area contributed by atoms with Crippen LogP contribution in [0.3, 0.4) is 0 Å². The maximum Gasteiger partial charge on any atom is 0.338 e. The van der Waals surface area contributed by atoms with Crippen molar-refractivity contribution in [3.63, 3.8) is 0 Å². The molecule has 29 heavy (non-hydrogen) atoms. The van der Waals surface area contributed by atoms with Crippen molar-refractivity contribution >= 4 is 27.9 Å². The Morgan fingerprint density at radius 3 is 2.31 bits per heavy atom. The van der Waals surface area contributed by atoms with Crippen molar-refractivity contribution in [1.82, 2.24) is 15.4 Å². The molecule has 10 nitrogen and oxygen atoms in total. The second kappa shape index (κ2) is 9.70. The normalized spacial score (nSPS) is 12.6. The van der Waals surface area contributed by atoms with Crippen LogP contribution < -0.4 is 20.1 Å². The summed E-state index contributed by atoms with van der Waals surface area (Å²) in [4.78, 5) is 35.4. The highest BCUT2D eigenvalue weighted by Gasteiger charge is 2.27. The van der Waals surface area contributed by atoms with Gasteiger partial charge in [-0.05, 0) is 52.8 Å². The fraction of sp³-hybridized carbons (Fsp3) is 0.500. The smallest absolute Gasteiger partial charge is 0.338 e. The van der Waals surface area contributed by atoms with Crippen LogP contribution >= 0.6 is 0 Å². The molecule has 0 fully saturated rings. The Morgan fingerprint density at radius 1 is 1.17 bits per heavy atom. The van der Waals surface area contributed by atoms with Gasteiger partial charge >= 0.3 is 12.0 Å². The van der Waals surface area contributed by atoms with Crippen LogP contribution in [0.4, 0.5) is 4.79 Å². The molecule has 3 amide bonds. The van der Waals surface area contributed by atoms with Crippen LogP contribution in [0.2, 0.25) is 0 Å². The fourth-order valence-corrected chi connectivity index (χ4v) is 3.79. The van der Waals surface area contributed by atoms with E-state index in [-0.39, 0.29) is 16.2 Å². The summed E-state index contributed by atoms with van der Waals surface area (Å²) in [6.07, 6.45) is -1.28. The van der Waals surface area contributed by atoms with Crippen molar-refractivity contribution in [1.29, 1.82) is 0 Å². The molecule has 0 aliphatic rings. The second-order valence-corrected chi connectivity index (χ2v) is 8.77. The van der Waals surface area contributed by atoms with E-state index in [4.69, 9.17) is 9.47 Å². The highest BCUT2D eigenvalue weighted by molar-refractivity contribution is 7.89. The Balaban J connectivity index is 3.06. The number of methoxy groups -OCH3 is 1. The van der Waals surface area contributed by atoms with Gasteiger partial charge in [-0.15, -0.1) is 0 Å². The van der Waals surface area contributed by atoms with Crippen molar-refractivity contribution < 1.29 is 32.3 Å². The van der Waals surface area contributed by atoms with E-state index in [0.717, 1.165) is 6.07 Å². The van der Waals surface area contributed by atoms with E-state index in [0.29, 0.717) is 6.54 Å². The van der Waals surface area contributed by atoms with E-state index in [1.54, 1.807) is 27.7 Å². The number of nitrogens with one attached hydrogen (secondary N) is 3. The molecule has 1 atom stereocenters.